The molecule has 0 bridgehead atoms. The van der Waals surface area contributed by atoms with Gasteiger partial charge in [-0.1, -0.05) is 12.1 Å². The molecule has 3 N–H and O–H groups in total. The molecule has 1 aromatic rings. The smallest absolute Gasteiger partial charge is 0.409 e. The van der Waals surface area contributed by atoms with Crippen LogP contribution in [-0.2, 0) is 11.3 Å². The van der Waals surface area contributed by atoms with Gasteiger partial charge in [-0.15, -0.1) is 24.0 Å². The molecule has 0 atom stereocenters. The third-order valence-electron chi connectivity index (χ3n) is 4.01. The Morgan fingerprint density at radius 2 is 2.04 bits per heavy atom. The molecule has 0 radical (unpaired) electrons. The van der Waals surface area contributed by atoms with Gasteiger partial charge >= 0.3 is 6.09 Å². The van der Waals surface area contributed by atoms with Crippen LogP contribution in [0.15, 0.2) is 29.3 Å². The molecule has 1 saturated heterocycles. The maximum Gasteiger partial charge on any atom is 0.409 e. The van der Waals surface area contributed by atoms with Crippen LogP contribution in [0.5, 0.6) is 5.75 Å². The highest BCUT2D eigenvalue weighted by molar-refractivity contribution is 14.0. The van der Waals surface area contributed by atoms with Crippen LogP contribution >= 0.6 is 24.0 Å². The molecule has 1 amide bonds. The molecule has 26 heavy (non-hydrogen) atoms. The number of nitrogens with two attached hydrogens (primary N) is 1. The van der Waals surface area contributed by atoms with E-state index in [0.717, 1.165) is 24.2 Å². The number of aliphatic imine (C=N–C) groups is 1. The predicted octanol–water partition coefficient (Wildman–Crippen LogP) is 2.73. The van der Waals surface area contributed by atoms with E-state index in [1.54, 1.807) is 4.90 Å². The fraction of sp³-hybridized carbons (Fsp3) is 0.556. The first kappa shape index (κ1) is 22.3. The maximum atomic E-state index is 11.7. The Morgan fingerprint density at radius 3 is 2.69 bits per heavy atom. The summed E-state index contributed by atoms with van der Waals surface area (Å²) in [5.41, 5.74) is 7.04. The van der Waals surface area contributed by atoms with Crippen molar-refractivity contribution in [3.8, 4) is 5.75 Å². The third kappa shape index (κ3) is 7.27. The van der Waals surface area contributed by atoms with Crippen molar-refractivity contribution < 1.29 is 14.3 Å². The number of halogens is 1. The molecule has 0 aromatic heterocycles. The van der Waals surface area contributed by atoms with E-state index < -0.39 is 0 Å². The number of benzene rings is 1. The number of nitrogens with one attached hydrogen (secondary N) is 1. The van der Waals surface area contributed by atoms with Crippen molar-refractivity contribution in [2.24, 2.45) is 10.7 Å². The summed E-state index contributed by atoms with van der Waals surface area (Å²) in [6, 6.07) is 8.07. The Hall–Kier alpha value is -1.71. The van der Waals surface area contributed by atoms with Gasteiger partial charge in [-0.05, 0) is 44.4 Å². The lowest BCUT2D eigenvalue weighted by atomic mass is 10.1. The molecule has 2 rings (SSSR count). The van der Waals surface area contributed by atoms with E-state index in [2.05, 4.69) is 10.3 Å². The normalized spacial score (nSPS) is 15.2. The first-order chi connectivity index (χ1) is 12.1. The lowest BCUT2D eigenvalue weighted by Crippen LogP contribution is -2.48. The number of nitrogens with zero attached hydrogens (tertiary/aromatic N) is 2. The highest BCUT2D eigenvalue weighted by Crippen LogP contribution is 2.14. The Bertz CT molecular complexity index is 590. The van der Waals surface area contributed by atoms with E-state index in [-0.39, 0.29) is 36.1 Å². The Labute approximate surface area is 172 Å². The largest absolute Gasteiger partial charge is 0.494 e. The standard InChI is InChI=1S/C18H28N4O3.HI/c1-3-24-16-7-5-6-14(12-16)13-20-17(19)21-15-8-10-22(11-9-15)18(23)25-4-2;/h5-7,12,15H,3-4,8-11,13H2,1-2H3,(H3,19,20,21);1H. The van der Waals surface area contributed by atoms with Crippen LogP contribution in [0.2, 0.25) is 0 Å². The van der Waals surface area contributed by atoms with Gasteiger partial charge in [0.05, 0.1) is 19.8 Å². The second kappa shape index (κ2) is 11.8. The zero-order valence-electron chi connectivity index (χ0n) is 15.4. The maximum absolute atomic E-state index is 11.7. The number of amides is 1. The van der Waals surface area contributed by atoms with Crippen LogP contribution in [0.4, 0.5) is 4.79 Å². The Kier molecular flexibility index (Phi) is 10.2. The summed E-state index contributed by atoms with van der Waals surface area (Å²) in [5, 5.41) is 3.24. The average molecular weight is 476 g/mol. The van der Waals surface area contributed by atoms with Crippen molar-refractivity contribution in [1.29, 1.82) is 0 Å². The molecule has 8 heteroatoms. The fourth-order valence-electron chi connectivity index (χ4n) is 2.75. The number of carbonyl (C=O) groups excluding carboxylic acids is 1. The van der Waals surface area contributed by atoms with Crippen LogP contribution in [0, 0.1) is 0 Å². The molecule has 0 aliphatic carbocycles. The lowest BCUT2D eigenvalue weighted by molar-refractivity contribution is 0.0963. The van der Waals surface area contributed by atoms with E-state index in [0.29, 0.717) is 38.8 Å². The number of carbonyl (C=O) groups is 1. The minimum Gasteiger partial charge on any atom is -0.494 e. The summed E-state index contributed by atoms with van der Waals surface area (Å²) in [4.78, 5) is 17.8. The number of likely N-dealkylation sites (tertiary alicyclic amines) is 1. The number of hydrogen-bond donors (Lipinski definition) is 2. The van der Waals surface area contributed by atoms with E-state index in [9.17, 15) is 4.79 Å². The van der Waals surface area contributed by atoms with Gasteiger partial charge in [-0.2, -0.15) is 0 Å². The first-order valence-corrected chi connectivity index (χ1v) is 8.82. The van der Waals surface area contributed by atoms with E-state index in [1.165, 1.54) is 0 Å². The molecular formula is C18H29IN4O3. The molecule has 1 aromatic carbocycles. The number of rotatable bonds is 6. The van der Waals surface area contributed by atoms with Crippen molar-refractivity contribution in [3.63, 3.8) is 0 Å². The highest BCUT2D eigenvalue weighted by Gasteiger charge is 2.23. The molecule has 7 nitrogen and oxygen atoms in total. The Morgan fingerprint density at radius 1 is 1.31 bits per heavy atom. The zero-order valence-corrected chi connectivity index (χ0v) is 17.8. The van der Waals surface area contributed by atoms with Crippen molar-refractivity contribution >= 4 is 36.0 Å². The third-order valence-corrected chi connectivity index (χ3v) is 4.01. The molecule has 0 saturated carbocycles. The zero-order chi connectivity index (χ0) is 18.1. The molecule has 1 aliphatic rings. The van der Waals surface area contributed by atoms with Crippen molar-refractivity contribution in [2.45, 2.75) is 39.3 Å². The molecule has 0 unspecified atom stereocenters. The fourth-order valence-corrected chi connectivity index (χ4v) is 2.75. The minimum absolute atomic E-state index is 0. The first-order valence-electron chi connectivity index (χ1n) is 8.82. The summed E-state index contributed by atoms with van der Waals surface area (Å²) in [6.07, 6.45) is 1.42. The number of ether oxygens (including phenoxy) is 2. The monoisotopic (exact) mass is 476 g/mol. The van der Waals surface area contributed by atoms with Crippen molar-refractivity contribution in [1.82, 2.24) is 10.2 Å². The van der Waals surface area contributed by atoms with E-state index in [4.69, 9.17) is 15.2 Å². The van der Waals surface area contributed by atoms with Gasteiger partial charge in [0, 0.05) is 19.1 Å². The molecular weight excluding hydrogens is 447 g/mol. The van der Waals surface area contributed by atoms with Gasteiger partial charge in [0.25, 0.3) is 0 Å². The Balaban J connectivity index is 0.00000338. The van der Waals surface area contributed by atoms with Gasteiger partial charge in [0.15, 0.2) is 5.96 Å². The summed E-state index contributed by atoms with van der Waals surface area (Å²) in [7, 11) is 0. The summed E-state index contributed by atoms with van der Waals surface area (Å²) in [6.45, 7) is 6.65. The van der Waals surface area contributed by atoms with Crippen molar-refractivity contribution in [3.05, 3.63) is 29.8 Å². The number of guanidine groups is 1. The van der Waals surface area contributed by atoms with Gasteiger partial charge in [0.2, 0.25) is 0 Å². The molecule has 1 aliphatic heterocycles. The van der Waals surface area contributed by atoms with E-state index >= 15 is 0 Å². The summed E-state index contributed by atoms with van der Waals surface area (Å²) < 4.78 is 10.5. The second-order valence-electron chi connectivity index (χ2n) is 5.89. The summed E-state index contributed by atoms with van der Waals surface area (Å²) >= 11 is 0. The van der Waals surface area contributed by atoms with Gasteiger partial charge < -0.3 is 25.4 Å². The molecule has 1 heterocycles. The van der Waals surface area contributed by atoms with Crippen LogP contribution in [0.3, 0.4) is 0 Å². The topological polar surface area (TPSA) is 89.2 Å². The average Bonchev–Trinajstić information content (AvgIpc) is 2.61. The quantitative estimate of drug-likeness (QED) is 0.375. The van der Waals surface area contributed by atoms with Gasteiger partial charge in [-0.3, -0.25) is 0 Å². The molecule has 1 fully saturated rings. The molecule has 0 spiro atoms. The van der Waals surface area contributed by atoms with Crippen LogP contribution < -0.4 is 15.8 Å². The van der Waals surface area contributed by atoms with Crippen molar-refractivity contribution in [2.75, 3.05) is 26.3 Å². The summed E-state index contributed by atoms with van der Waals surface area (Å²) in [5.74, 6) is 1.27. The highest BCUT2D eigenvalue weighted by atomic mass is 127. The van der Waals surface area contributed by atoms with Gasteiger partial charge in [-0.25, -0.2) is 9.79 Å². The van der Waals surface area contributed by atoms with Gasteiger partial charge in [0.1, 0.15) is 5.75 Å². The minimum atomic E-state index is -0.239. The second-order valence-corrected chi connectivity index (χ2v) is 5.89. The number of hydrogen-bond acceptors (Lipinski definition) is 4. The lowest BCUT2D eigenvalue weighted by Gasteiger charge is -2.31. The molecule has 146 valence electrons. The van der Waals surface area contributed by atoms with E-state index in [1.807, 2.05) is 38.1 Å². The number of piperidine rings is 1. The predicted molar refractivity (Wildman–Crippen MR) is 113 cm³/mol. The van der Waals surface area contributed by atoms with Crippen LogP contribution in [0.25, 0.3) is 0 Å². The van der Waals surface area contributed by atoms with Crippen LogP contribution in [0.1, 0.15) is 32.3 Å². The SMILES string of the molecule is CCOC(=O)N1CCC(NC(N)=NCc2cccc(OCC)c2)CC1.I. The van der Waals surface area contributed by atoms with Crippen LogP contribution in [-0.4, -0.2) is 49.3 Å².